The van der Waals surface area contributed by atoms with Crippen LogP contribution in [0.3, 0.4) is 0 Å². The van der Waals surface area contributed by atoms with Crippen LogP contribution in [0, 0.1) is 0 Å². The van der Waals surface area contributed by atoms with Gasteiger partial charge in [-0.3, -0.25) is 9.59 Å². The van der Waals surface area contributed by atoms with Gasteiger partial charge in [0.25, 0.3) is 0 Å². The molecule has 0 amide bonds. The number of para-hydroxylation sites is 1. The molecule has 0 aromatic heterocycles. The van der Waals surface area contributed by atoms with Gasteiger partial charge in [0, 0.05) is 24.5 Å². The van der Waals surface area contributed by atoms with Crippen LogP contribution in [0.2, 0.25) is 0 Å². The summed E-state index contributed by atoms with van der Waals surface area (Å²) >= 11 is 0. The quantitative estimate of drug-likeness (QED) is 0.360. The number of carbonyl (C=O) groups is 2. The molecule has 0 N–H and O–H groups in total. The maximum Gasteiger partial charge on any atom is 0.308 e. The molecule has 0 heterocycles. The Hall–Kier alpha value is -3.17. The van der Waals surface area contributed by atoms with Crippen LogP contribution < -0.4 is 24.6 Å². The molecule has 6 heteroatoms. The predicted octanol–water partition coefficient (Wildman–Crippen LogP) is 3.96. The normalized spacial score (nSPS) is 10.4. The van der Waals surface area contributed by atoms with Crippen LogP contribution in [0.15, 0.2) is 78.9 Å². The molecule has 0 bridgehead atoms. The van der Waals surface area contributed by atoms with Crippen molar-refractivity contribution in [3.63, 3.8) is 0 Å². The third-order valence-electron chi connectivity index (χ3n) is 3.61. The zero-order valence-electron chi connectivity index (χ0n) is 15.5. The van der Waals surface area contributed by atoms with Crippen LogP contribution in [0.4, 0.5) is 0 Å². The summed E-state index contributed by atoms with van der Waals surface area (Å²) in [5.74, 6) is 0.988. The molecule has 0 aliphatic rings. The van der Waals surface area contributed by atoms with Crippen LogP contribution in [0.1, 0.15) is 13.8 Å². The lowest BCUT2D eigenvalue weighted by molar-refractivity contribution is -0.132. The lowest BCUT2D eigenvalue weighted by Crippen LogP contribution is -2.16. The lowest BCUT2D eigenvalue weighted by Gasteiger charge is -2.20. The highest BCUT2D eigenvalue weighted by Crippen LogP contribution is 2.37. The molecule has 0 atom stereocenters. The molecule has 142 valence electrons. The molecular formula is C22H19O5P. The average molecular weight is 394 g/mol. The van der Waals surface area contributed by atoms with Crippen LogP contribution in [-0.4, -0.2) is 11.9 Å². The van der Waals surface area contributed by atoms with Gasteiger partial charge in [-0.2, -0.15) is 0 Å². The third kappa shape index (κ3) is 5.41. The van der Waals surface area contributed by atoms with Gasteiger partial charge in [-0.25, -0.2) is 0 Å². The van der Waals surface area contributed by atoms with Crippen molar-refractivity contribution in [2.75, 3.05) is 0 Å². The Morgan fingerprint density at radius 3 is 1.43 bits per heavy atom. The van der Waals surface area contributed by atoms with Gasteiger partial charge in [0.05, 0.1) is 0 Å². The van der Waals surface area contributed by atoms with E-state index in [9.17, 15) is 9.59 Å². The second-order valence-corrected chi connectivity index (χ2v) is 7.68. The minimum absolute atomic E-state index is 0.364. The molecule has 0 saturated carbocycles. The van der Waals surface area contributed by atoms with Crippen LogP contribution in [-0.2, 0) is 9.59 Å². The van der Waals surface area contributed by atoms with Crippen molar-refractivity contribution in [3.05, 3.63) is 78.9 Å². The molecular weight excluding hydrogens is 375 g/mol. The van der Waals surface area contributed by atoms with E-state index in [1.54, 1.807) is 24.3 Å². The molecule has 0 aliphatic carbocycles. The predicted molar refractivity (Wildman–Crippen MR) is 109 cm³/mol. The van der Waals surface area contributed by atoms with Crippen molar-refractivity contribution in [3.8, 4) is 17.2 Å². The molecule has 0 spiro atoms. The number of benzene rings is 3. The number of ether oxygens (including phenoxy) is 2. The Morgan fingerprint density at radius 2 is 1.04 bits per heavy atom. The van der Waals surface area contributed by atoms with Crippen molar-refractivity contribution in [2.45, 2.75) is 13.8 Å². The topological polar surface area (TPSA) is 61.8 Å². The second kappa shape index (κ2) is 9.16. The van der Waals surface area contributed by atoms with Crippen LogP contribution >= 0.6 is 8.15 Å². The summed E-state index contributed by atoms with van der Waals surface area (Å²) in [4.78, 5) is 22.2. The first kappa shape index (κ1) is 19.6. The highest BCUT2D eigenvalue weighted by molar-refractivity contribution is 7.68. The second-order valence-electron chi connectivity index (χ2n) is 5.87. The molecule has 0 radical (unpaired) electrons. The van der Waals surface area contributed by atoms with E-state index in [2.05, 4.69) is 0 Å². The Labute approximate surface area is 164 Å². The summed E-state index contributed by atoms with van der Waals surface area (Å²) in [7, 11) is -1.17. The fourth-order valence-electron chi connectivity index (χ4n) is 2.47. The van der Waals surface area contributed by atoms with Gasteiger partial charge in [-0.15, -0.1) is 0 Å². The molecule has 0 saturated heterocycles. The molecule has 5 nitrogen and oxygen atoms in total. The van der Waals surface area contributed by atoms with Crippen molar-refractivity contribution >= 4 is 30.7 Å². The first-order valence-corrected chi connectivity index (χ1v) is 9.87. The fraction of sp³-hybridized carbons (Fsp3) is 0.0909. The highest BCUT2D eigenvalue weighted by atomic mass is 31.1. The van der Waals surface area contributed by atoms with Crippen LogP contribution in [0.5, 0.6) is 17.2 Å². The average Bonchev–Trinajstić information content (AvgIpc) is 2.68. The van der Waals surface area contributed by atoms with E-state index in [-0.39, 0.29) is 11.9 Å². The maximum atomic E-state index is 11.1. The van der Waals surface area contributed by atoms with Crippen molar-refractivity contribution < 1.29 is 23.6 Å². The Bertz CT molecular complexity index is 877. The first-order valence-electron chi connectivity index (χ1n) is 8.61. The molecule has 28 heavy (non-hydrogen) atoms. The lowest BCUT2D eigenvalue weighted by atomic mass is 10.3. The standard InChI is InChI=1S/C22H19O5P/c1-16(23)25-18-8-12-21(13-9-18)28(27-20-6-4-3-5-7-20)22-14-10-19(11-15-22)26-17(2)24/h3-15H,1-2H3. The fourth-order valence-corrected chi connectivity index (χ4v) is 4.15. The smallest absolute Gasteiger partial charge is 0.308 e. The van der Waals surface area contributed by atoms with Gasteiger partial charge in [-0.1, -0.05) is 18.2 Å². The number of esters is 2. The Balaban J connectivity index is 1.90. The Morgan fingerprint density at radius 1 is 0.607 bits per heavy atom. The molecule has 0 fully saturated rings. The van der Waals surface area contributed by atoms with Gasteiger partial charge in [0.15, 0.2) is 8.15 Å². The zero-order chi connectivity index (χ0) is 19.9. The SMILES string of the molecule is CC(=O)Oc1ccc(P(Oc2ccccc2)c2ccc(OC(C)=O)cc2)cc1. The van der Waals surface area contributed by atoms with Gasteiger partial charge in [0.1, 0.15) is 17.2 Å². The number of rotatable bonds is 6. The van der Waals surface area contributed by atoms with E-state index >= 15 is 0 Å². The Kier molecular flexibility index (Phi) is 6.41. The first-order chi connectivity index (χ1) is 13.5. The number of hydrogen-bond acceptors (Lipinski definition) is 5. The number of carbonyl (C=O) groups excluding carboxylic acids is 2. The van der Waals surface area contributed by atoms with E-state index in [1.165, 1.54) is 13.8 Å². The van der Waals surface area contributed by atoms with Gasteiger partial charge >= 0.3 is 11.9 Å². The van der Waals surface area contributed by atoms with Crippen LogP contribution in [0.25, 0.3) is 0 Å². The summed E-state index contributed by atoms with van der Waals surface area (Å²) in [6.45, 7) is 2.73. The van der Waals surface area contributed by atoms with E-state index in [1.807, 2.05) is 54.6 Å². The van der Waals surface area contributed by atoms with Crippen molar-refractivity contribution in [1.82, 2.24) is 0 Å². The zero-order valence-corrected chi connectivity index (χ0v) is 16.4. The summed E-state index contributed by atoms with van der Waals surface area (Å²) < 4.78 is 16.5. The molecule has 0 aliphatic heterocycles. The highest BCUT2D eigenvalue weighted by Gasteiger charge is 2.18. The van der Waals surface area contributed by atoms with Crippen molar-refractivity contribution in [2.24, 2.45) is 0 Å². The minimum atomic E-state index is -1.17. The van der Waals surface area contributed by atoms with Gasteiger partial charge in [0.2, 0.25) is 0 Å². The summed E-state index contributed by atoms with van der Waals surface area (Å²) in [5, 5.41) is 1.91. The molecule has 3 rings (SSSR count). The van der Waals surface area contributed by atoms with E-state index in [4.69, 9.17) is 14.0 Å². The minimum Gasteiger partial charge on any atom is -0.464 e. The molecule has 0 unspecified atom stereocenters. The maximum absolute atomic E-state index is 11.1. The summed E-state index contributed by atoms with van der Waals surface area (Å²) in [6.07, 6.45) is 0. The van der Waals surface area contributed by atoms with E-state index in [0.29, 0.717) is 11.5 Å². The summed E-state index contributed by atoms with van der Waals surface area (Å²) in [6, 6.07) is 24.1. The summed E-state index contributed by atoms with van der Waals surface area (Å²) in [5.41, 5.74) is 0. The largest absolute Gasteiger partial charge is 0.464 e. The monoisotopic (exact) mass is 394 g/mol. The van der Waals surface area contributed by atoms with E-state index < -0.39 is 8.15 Å². The van der Waals surface area contributed by atoms with Crippen molar-refractivity contribution in [1.29, 1.82) is 0 Å². The number of hydrogen-bond donors (Lipinski definition) is 0. The van der Waals surface area contributed by atoms with E-state index in [0.717, 1.165) is 16.4 Å². The van der Waals surface area contributed by atoms with Gasteiger partial charge in [-0.05, 0) is 60.7 Å². The van der Waals surface area contributed by atoms with Gasteiger partial charge < -0.3 is 14.0 Å². The third-order valence-corrected chi connectivity index (χ3v) is 5.53. The molecule has 3 aromatic carbocycles. The molecule has 3 aromatic rings.